The van der Waals surface area contributed by atoms with E-state index in [4.69, 9.17) is 19.3 Å². The summed E-state index contributed by atoms with van der Waals surface area (Å²) in [4.78, 5) is 38.8. The third-order valence-electron chi connectivity index (χ3n) is 7.62. The molecule has 1 aliphatic rings. The number of rotatable bonds is 13. The van der Waals surface area contributed by atoms with Crippen molar-refractivity contribution in [1.82, 2.24) is 15.5 Å². The summed E-state index contributed by atoms with van der Waals surface area (Å²) in [6.45, 7) is 6.24. The van der Waals surface area contributed by atoms with Gasteiger partial charge in [0.15, 0.2) is 6.17 Å². The molecule has 2 aromatic carbocycles. The van der Waals surface area contributed by atoms with Crippen molar-refractivity contribution in [2.24, 2.45) is 0 Å². The minimum absolute atomic E-state index is 0.0565. The van der Waals surface area contributed by atoms with E-state index in [0.29, 0.717) is 30.5 Å². The van der Waals surface area contributed by atoms with Gasteiger partial charge in [-0.15, -0.1) is 0 Å². The predicted molar refractivity (Wildman–Crippen MR) is 168 cm³/mol. The second-order valence-electron chi connectivity index (χ2n) is 12.2. The van der Waals surface area contributed by atoms with Gasteiger partial charge in [-0.25, -0.2) is 9.59 Å². The number of esters is 1. The molecule has 1 heterocycles. The molecule has 0 saturated heterocycles. The van der Waals surface area contributed by atoms with Crippen LogP contribution in [-0.4, -0.2) is 53.6 Å². The molecule has 3 N–H and O–H groups in total. The van der Waals surface area contributed by atoms with Crippen molar-refractivity contribution in [3.8, 4) is 0 Å². The summed E-state index contributed by atoms with van der Waals surface area (Å²) in [6, 6.07) is 16.8. The number of nitrogens with one attached hydrogen (secondary N) is 3. The van der Waals surface area contributed by atoms with E-state index in [2.05, 4.69) is 15.5 Å². The number of unbranched alkanes of at least 4 members (excludes halogenated alkanes) is 1. The van der Waals surface area contributed by atoms with E-state index < -0.39 is 23.8 Å². The van der Waals surface area contributed by atoms with Gasteiger partial charge in [-0.2, -0.15) is 0 Å². The molecule has 0 radical (unpaired) electrons. The van der Waals surface area contributed by atoms with Gasteiger partial charge < -0.3 is 19.2 Å². The van der Waals surface area contributed by atoms with Gasteiger partial charge in [-0.1, -0.05) is 49.6 Å². The molecule has 236 valence electrons. The maximum Gasteiger partial charge on any atom is 0.413 e. The first-order valence-electron chi connectivity index (χ1n) is 15.4. The van der Waals surface area contributed by atoms with Crippen LogP contribution in [-0.2, 0) is 32.1 Å². The summed E-state index contributed by atoms with van der Waals surface area (Å²) < 4.78 is 16.9. The van der Waals surface area contributed by atoms with Crippen LogP contribution in [0, 0.1) is 5.41 Å². The highest BCUT2D eigenvalue weighted by Gasteiger charge is 2.34. The smallest absolute Gasteiger partial charge is 0.413 e. The number of furan rings is 1. The van der Waals surface area contributed by atoms with Gasteiger partial charge in [0.25, 0.3) is 0 Å². The average Bonchev–Trinajstić information content (AvgIpc) is 3.41. The van der Waals surface area contributed by atoms with E-state index in [-0.39, 0.29) is 18.5 Å². The number of hydrogen-bond donors (Lipinski definition) is 3. The Morgan fingerprint density at radius 3 is 2.52 bits per heavy atom. The number of hydrogen-bond acceptors (Lipinski definition) is 8. The van der Waals surface area contributed by atoms with E-state index in [1.54, 1.807) is 12.1 Å². The Kier molecular flexibility index (Phi) is 11.5. The molecule has 1 aromatic heterocycles. The van der Waals surface area contributed by atoms with Gasteiger partial charge >= 0.3 is 12.1 Å². The van der Waals surface area contributed by atoms with E-state index in [0.717, 1.165) is 55.2 Å². The summed E-state index contributed by atoms with van der Waals surface area (Å²) in [5.74, 6) is 0.324. The summed E-state index contributed by atoms with van der Waals surface area (Å²) in [7, 11) is 0. The lowest BCUT2D eigenvalue weighted by Crippen LogP contribution is -2.56. The van der Waals surface area contributed by atoms with E-state index in [1.807, 2.05) is 63.2 Å². The summed E-state index contributed by atoms with van der Waals surface area (Å²) in [5.41, 5.74) is 1.45. The number of ether oxygens (including phenoxy) is 2. The lowest BCUT2D eigenvalue weighted by molar-refractivity contribution is -0.165. The second-order valence-corrected chi connectivity index (χ2v) is 12.2. The molecule has 1 fully saturated rings. The van der Waals surface area contributed by atoms with Crippen LogP contribution in [0.3, 0.4) is 0 Å². The van der Waals surface area contributed by atoms with Gasteiger partial charge in [0, 0.05) is 30.0 Å². The molecular weight excluding hydrogens is 560 g/mol. The van der Waals surface area contributed by atoms with Crippen molar-refractivity contribution in [1.29, 1.82) is 5.41 Å². The van der Waals surface area contributed by atoms with Crippen molar-refractivity contribution in [2.45, 2.75) is 96.6 Å². The van der Waals surface area contributed by atoms with Crippen molar-refractivity contribution in [3.05, 3.63) is 71.5 Å². The lowest BCUT2D eigenvalue weighted by atomic mass is 9.93. The molecule has 3 aromatic rings. The van der Waals surface area contributed by atoms with Crippen LogP contribution in [0.5, 0.6) is 0 Å². The third kappa shape index (κ3) is 9.67. The van der Waals surface area contributed by atoms with Crippen LogP contribution in [0.25, 0.3) is 11.0 Å². The van der Waals surface area contributed by atoms with Gasteiger partial charge in [-0.3, -0.25) is 20.4 Å². The molecule has 1 aliphatic carbocycles. The highest BCUT2D eigenvalue weighted by Crippen LogP contribution is 2.26. The first-order valence-corrected chi connectivity index (χ1v) is 15.4. The number of nitrogens with zero attached hydrogens (tertiary/aromatic N) is 1. The monoisotopic (exact) mass is 604 g/mol. The number of benzene rings is 2. The second kappa shape index (κ2) is 15.5. The van der Waals surface area contributed by atoms with Crippen LogP contribution < -0.4 is 10.6 Å². The highest BCUT2D eigenvalue weighted by molar-refractivity contribution is 6.06. The van der Waals surface area contributed by atoms with Crippen molar-refractivity contribution < 1.29 is 28.3 Å². The van der Waals surface area contributed by atoms with Crippen molar-refractivity contribution >= 4 is 35.3 Å². The Bertz CT molecular complexity index is 1410. The molecule has 1 unspecified atom stereocenters. The molecule has 10 nitrogen and oxygen atoms in total. The highest BCUT2D eigenvalue weighted by atomic mass is 16.6. The molecule has 4 rings (SSSR count). The maximum atomic E-state index is 13.1. The Morgan fingerprint density at radius 1 is 1.07 bits per heavy atom. The van der Waals surface area contributed by atoms with Gasteiger partial charge in [0.2, 0.25) is 6.41 Å². The number of alkyl carbamates (subject to hydrolysis) is 1. The average molecular weight is 605 g/mol. The van der Waals surface area contributed by atoms with Crippen LogP contribution >= 0.6 is 0 Å². The number of amidine groups is 1. The van der Waals surface area contributed by atoms with Gasteiger partial charge in [0.05, 0.1) is 0 Å². The van der Waals surface area contributed by atoms with E-state index in [1.165, 1.54) is 6.42 Å². The minimum atomic E-state index is -0.820. The van der Waals surface area contributed by atoms with Gasteiger partial charge in [0.1, 0.15) is 29.4 Å². The first kappa shape index (κ1) is 32.7. The molecule has 44 heavy (non-hydrogen) atoms. The number of amides is 2. The third-order valence-corrected chi connectivity index (χ3v) is 7.62. The molecule has 10 heteroatoms. The zero-order valence-corrected chi connectivity index (χ0v) is 25.9. The van der Waals surface area contributed by atoms with Crippen LogP contribution in [0.4, 0.5) is 4.79 Å². The lowest BCUT2D eigenvalue weighted by Gasteiger charge is -2.39. The molecule has 0 bridgehead atoms. The van der Waals surface area contributed by atoms with E-state index >= 15 is 0 Å². The zero-order chi connectivity index (χ0) is 31.5. The van der Waals surface area contributed by atoms with Gasteiger partial charge in [-0.05, 0) is 76.3 Å². The number of aryl methyl sites for hydroxylation is 1. The fraction of sp³-hybridized carbons (Fsp3) is 0.471. The largest absolute Gasteiger partial charge is 0.461 e. The topological polar surface area (TPSA) is 134 Å². The van der Waals surface area contributed by atoms with Crippen LogP contribution in [0.2, 0.25) is 0 Å². The van der Waals surface area contributed by atoms with Crippen molar-refractivity contribution in [2.75, 3.05) is 6.54 Å². The first-order chi connectivity index (χ1) is 21.1. The minimum Gasteiger partial charge on any atom is -0.461 e. The Morgan fingerprint density at radius 2 is 1.82 bits per heavy atom. The van der Waals surface area contributed by atoms with Crippen LogP contribution in [0.15, 0.2) is 59.0 Å². The summed E-state index contributed by atoms with van der Waals surface area (Å²) in [6.07, 6.45) is 6.76. The Hall–Kier alpha value is -4.18. The van der Waals surface area contributed by atoms with Crippen LogP contribution in [0.1, 0.15) is 82.6 Å². The SMILES string of the molecule is CC(C)(C)OC(=O)C(NC=O)N(CCCCc1cc2cc(C(=N)NC(=O)OCc3ccccc3)ccc2o1)C1CCCCC1. The number of fused-ring (bicyclic) bond motifs is 1. The normalized spacial score (nSPS) is 14.6. The summed E-state index contributed by atoms with van der Waals surface area (Å²) in [5, 5.41) is 14.4. The predicted octanol–water partition coefficient (Wildman–Crippen LogP) is 6.06. The zero-order valence-electron chi connectivity index (χ0n) is 25.9. The Labute approximate surface area is 259 Å². The molecular formula is C34H44N4O6. The standard InChI is InChI=1S/C34H44N4O6/c1-34(2,3)44-32(40)31(36-23-39)38(27-14-8-5-9-15-27)19-11-10-16-28-21-26-20-25(17-18-29(26)43-28)30(35)37-33(41)42-22-24-12-6-4-7-13-24/h4,6-7,12-13,17-18,20-21,23,27,31H,5,8-11,14-16,19,22H2,1-3H3,(H,36,39)(H2,35,37,41). The maximum absolute atomic E-state index is 13.1. The van der Waals surface area contributed by atoms with E-state index in [9.17, 15) is 14.4 Å². The fourth-order valence-corrected chi connectivity index (χ4v) is 5.56. The molecule has 2 amide bonds. The number of carbonyl (C=O) groups is 3. The summed E-state index contributed by atoms with van der Waals surface area (Å²) >= 11 is 0. The Balaban J connectivity index is 1.33. The molecule has 1 atom stereocenters. The fourth-order valence-electron chi connectivity index (χ4n) is 5.56. The molecule has 0 spiro atoms. The quantitative estimate of drug-likeness (QED) is 0.0540. The number of carbonyl (C=O) groups excluding carboxylic acids is 3. The molecule has 0 aliphatic heterocycles. The van der Waals surface area contributed by atoms with Crippen molar-refractivity contribution in [3.63, 3.8) is 0 Å². The molecule has 1 saturated carbocycles.